The van der Waals surface area contributed by atoms with Gasteiger partial charge in [-0.2, -0.15) is 0 Å². The molecule has 11 heavy (non-hydrogen) atoms. The molecule has 0 bridgehead atoms. The zero-order chi connectivity index (χ0) is 8.43. The van der Waals surface area contributed by atoms with Crippen molar-refractivity contribution >= 4 is 6.03 Å². The van der Waals surface area contributed by atoms with E-state index in [-0.39, 0.29) is 18.1 Å². The first-order chi connectivity index (χ1) is 5.13. The quantitative estimate of drug-likeness (QED) is 0.580. The van der Waals surface area contributed by atoms with Crippen LogP contribution in [0.3, 0.4) is 0 Å². The standard InChI is InChI=1S/C7H15N3O/c1-5(8)6(2)10-4-3-9-7(10)11/h5-6H,3-4,8H2,1-2H3,(H,9,11). The number of carbonyl (C=O) groups excluding carboxylic acids is 1. The highest BCUT2D eigenvalue weighted by molar-refractivity contribution is 5.76. The van der Waals surface area contributed by atoms with Gasteiger partial charge in [-0.3, -0.25) is 0 Å². The van der Waals surface area contributed by atoms with Gasteiger partial charge < -0.3 is 16.0 Å². The molecule has 0 aromatic heterocycles. The van der Waals surface area contributed by atoms with E-state index >= 15 is 0 Å². The van der Waals surface area contributed by atoms with Gasteiger partial charge in [0.2, 0.25) is 0 Å². The van der Waals surface area contributed by atoms with Crippen molar-refractivity contribution in [2.75, 3.05) is 13.1 Å². The number of nitrogens with one attached hydrogen (secondary N) is 1. The maximum Gasteiger partial charge on any atom is 0.317 e. The molecule has 2 amide bonds. The molecule has 1 rings (SSSR count). The monoisotopic (exact) mass is 157 g/mol. The molecule has 3 N–H and O–H groups in total. The minimum atomic E-state index is 0.00907. The fraction of sp³-hybridized carbons (Fsp3) is 0.857. The average molecular weight is 157 g/mol. The van der Waals surface area contributed by atoms with E-state index in [2.05, 4.69) is 5.32 Å². The number of rotatable bonds is 2. The van der Waals surface area contributed by atoms with Gasteiger partial charge in [0.05, 0.1) is 0 Å². The summed E-state index contributed by atoms with van der Waals surface area (Å²) in [5, 5.41) is 2.74. The summed E-state index contributed by atoms with van der Waals surface area (Å²) in [6.45, 7) is 5.41. The van der Waals surface area contributed by atoms with Gasteiger partial charge in [0.1, 0.15) is 0 Å². The molecule has 2 atom stereocenters. The van der Waals surface area contributed by atoms with Crippen molar-refractivity contribution in [2.45, 2.75) is 25.9 Å². The Hall–Kier alpha value is -0.770. The minimum Gasteiger partial charge on any atom is -0.336 e. The fourth-order valence-corrected chi connectivity index (χ4v) is 1.16. The fourth-order valence-electron chi connectivity index (χ4n) is 1.16. The number of amides is 2. The first kappa shape index (κ1) is 8.33. The van der Waals surface area contributed by atoms with Crippen LogP contribution in [0.25, 0.3) is 0 Å². The maximum absolute atomic E-state index is 11.1. The van der Waals surface area contributed by atoms with E-state index in [1.54, 1.807) is 4.90 Å². The molecule has 1 fully saturated rings. The molecule has 0 saturated carbocycles. The van der Waals surface area contributed by atoms with Crippen LogP contribution in [0, 0.1) is 0 Å². The molecule has 1 aliphatic heterocycles. The molecule has 1 heterocycles. The van der Waals surface area contributed by atoms with Crippen molar-refractivity contribution in [3.63, 3.8) is 0 Å². The summed E-state index contributed by atoms with van der Waals surface area (Å²) >= 11 is 0. The second-order valence-electron chi connectivity index (χ2n) is 3.03. The van der Waals surface area contributed by atoms with Gasteiger partial charge >= 0.3 is 6.03 Å². The van der Waals surface area contributed by atoms with Gasteiger partial charge in [0.15, 0.2) is 0 Å². The largest absolute Gasteiger partial charge is 0.336 e. The Balaban J connectivity index is 2.52. The summed E-state index contributed by atoms with van der Waals surface area (Å²) in [5.74, 6) is 0. The molecular formula is C7H15N3O. The van der Waals surface area contributed by atoms with Crippen molar-refractivity contribution in [3.8, 4) is 0 Å². The van der Waals surface area contributed by atoms with E-state index < -0.39 is 0 Å². The third-order valence-electron chi connectivity index (χ3n) is 2.14. The SMILES string of the molecule is CC(N)C(C)N1CCNC1=O. The van der Waals surface area contributed by atoms with Gasteiger partial charge in [0.25, 0.3) is 0 Å². The smallest absolute Gasteiger partial charge is 0.317 e. The van der Waals surface area contributed by atoms with Crippen LogP contribution < -0.4 is 11.1 Å². The summed E-state index contributed by atoms with van der Waals surface area (Å²) in [7, 11) is 0. The molecule has 4 nitrogen and oxygen atoms in total. The molecule has 64 valence electrons. The Morgan fingerprint density at radius 3 is 2.64 bits per heavy atom. The van der Waals surface area contributed by atoms with Crippen LogP contribution in [-0.2, 0) is 0 Å². The molecule has 0 spiro atoms. The van der Waals surface area contributed by atoms with E-state index in [0.29, 0.717) is 0 Å². The first-order valence-electron chi connectivity index (χ1n) is 3.93. The van der Waals surface area contributed by atoms with Crippen LogP contribution in [0.2, 0.25) is 0 Å². The van der Waals surface area contributed by atoms with Crippen molar-refractivity contribution in [1.82, 2.24) is 10.2 Å². The van der Waals surface area contributed by atoms with Gasteiger partial charge in [-0.05, 0) is 13.8 Å². The van der Waals surface area contributed by atoms with E-state index in [1.807, 2.05) is 13.8 Å². The van der Waals surface area contributed by atoms with Crippen molar-refractivity contribution < 1.29 is 4.79 Å². The van der Waals surface area contributed by atoms with Crippen molar-refractivity contribution in [2.24, 2.45) is 5.73 Å². The van der Waals surface area contributed by atoms with E-state index in [9.17, 15) is 4.79 Å². The van der Waals surface area contributed by atoms with Gasteiger partial charge in [0, 0.05) is 25.2 Å². The normalized spacial score (nSPS) is 23.2. The summed E-state index contributed by atoms with van der Waals surface area (Å²) < 4.78 is 0. The van der Waals surface area contributed by atoms with Crippen LogP contribution in [0.5, 0.6) is 0 Å². The Morgan fingerprint density at radius 2 is 2.27 bits per heavy atom. The van der Waals surface area contributed by atoms with Crippen molar-refractivity contribution in [3.05, 3.63) is 0 Å². The first-order valence-corrected chi connectivity index (χ1v) is 3.93. The summed E-state index contributed by atoms with van der Waals surface area (Å²) in [6.07, 6.45) is 0. The van der Waals surface area contributed by atoms with Crippen LogP contribution in [0.4, 0.5) is 4.79 Å². The molecule has 4 heteroatoms. The Kier molecular flexibility index (Phi) is 2.34. The minimum absolute atomic E-state index is 0.00907. The molecule has 2 unspecified atom stereocenters. The lowest BCUT2D eigenvalue weighted by Crippen LogP contribution is -2.45. The second kappa shape index (κ2) is 3.09. The maximum atomic E-state index is 11.1. The highest BCUT2D eigenvalue weighted by Crippen LogP contribution is 2.05. The zero-order valence-electron chi connectivity index (χ0n) is 7.00. The van der Waals surface area contributed by atoms with Gasteiger partial charge in [-0.25, -0.2) is 4.79 Å². The number of carbonyl (C=O) groups is 1. The Morgan fingerprint density at radius 1 is 1.64 bits per heavy atom. The lowest BCUT2D eigenvalue weighted by atomic mass is 10.1. The summed E-state index contributed by atoms with van der Waals surface area (Å²) in [6, 6.07) is 0.186. The number of nitrogens with two attached hydrogens (primary N) is 1. The highest BCUT2D eigenvalue weighted by atomic mass is 16.2. The molecule has 0 radical (unpaired) electrons. The number of nitrogens with zero attached hydrogens (tertiary/aromatic N) is 1. The number of hydrogen-bond acceptors (Lipinski definition) is 2. The van der Waals surface area contributed by atoms with Crippen LogP contribution >= 0.6 is 0 Å². The second-order valence-corrected chi connectivity index (χ2v) is 3.03. The lowest BCUT2D eigenvalue weighted by molar-refractivity contribution is 0.195. The van der Waals surface area contributed by atoms with Crippen molar-refractivity contribution in [1.29, 1.82) is 0 Å². The lowest BCUT2D eigenvalue weighted by Gasteiger charge is -2.25. The Labute approximate surface area is 66.7 Å². The van der Waals surface area contributed by atoms with E-state index in [1.165, 1.54) is 0 Å². The van der Waals surface area contributed by atoms with E-state index in [4.69, 9.17) is 5.73 Å². The molecule has 0 aromatic rings. The number of hydrogen-bond donors (Lipinski definition) is 2. The van der Waals surface area contributed by atoms with E-state index in [0.717, 1.165) is 13.1 Å². The predicted molar refractivity (Wildman–Crippen MR) is 43.2 cm³/mol. The molecular weight excluding hydrogens is 142 g/mol. The predicted octanol–water partition coefficient (Wildman–Crippen LogP) is -0.253. The van der Waals surface area contributed by atoms with Crippen LogP contribution in [0.1, 0.15) is 13.8 Å². The topological polar surface area (TPSA) is 58.4 Å². The van der Waals surface area contributed by atoms with Crippen LogP contribution in [0.15, 0.2) is 0 Å². The average Bonchev–Trinajstić information content (AvgIpc) is 2.33. The van der Waals surface area contributed by atoms with Gasteiger partial charge in [-0.1, -0.05) is 0 Å². The summed E-state index contributed by atoms with van der Waals surface area (Å²) in [4.78, 5) is 12.8. The summed E-state index contributed by atoms with van der Waals surface area (Å²) in [5.41, 5.74) is 5.66. The highest BCUT2D eigenvalue weighted by Gasteiger charge is 2.26. The molecule has 1 aliphatic rings. The third kappa shape index (κ3) is 1.63. The Bertz CT molecular complexity index is 158. The number of urea groups is 1. The van der Waals surface area contributed by atoms with Gasteiger partial charge in [-0.15, -0.1) is 0 Å². The molecule has 0 aliphatic carbocycles. The zero-order valence-corrected chi connectivity index (χ0v) is 7.00. The third-order valence-corrected chi connectivity index (χ3v) is 2.14. The molecule has 0 aromatic carbocycles. The van der Waals surface area contributed by atoms with Crippen LogP contribution in [-0.4, -0.2) is 36.1 Å². The molecule has 1 saturated heterocycles.